The Hall–Kier alpha value is -1.86. The number of aromatic nitrogens is 1. The van der Waals surface area contributed by atoms with Gasteiger partial charge in [0.15, 0.2) is 5.75 Å². The van der Waals surface area contributed by atoms with Gasteiger partial charge in [-0.25, -0.2) is 4.98 Å². The molecule has 1 fully saturated rings. The van der Waals surface area contributed by atoms with E-state index >= 15 is 0 Å². The van der Waals surface area contributed by atoms with Crippen LogP contribution in [-0.4, -0.2) is 22.4 Å². The van der Waals surface area contributed by atoms with Crippen molar-refractivity contribution in [2.45, 2.75) is 4.58 Å². The monoisotopic (exact) mass is 462 g/mol. The van der Waals surface area contributed by atoms with Gasteiger partial charge < -0.3 is 10.1 Å². The van der Waals surface area contributed by atoms with Gasteiger partial charge in [-0.05, 0) is 35.9 Å². The molecule has 4 rings (SSSR count). The Labute approximate surface area is 187 Å². The second kappa shape index (κ2) is 9.30. The second-order valence-electron chi connectivity index (χ2n) is 6.19. The summed E-state index contributed by atoms with van der Waals surface area (Å²) in [4.78, 5) is 16.8. The zero-order chi connectivity index (χ0) is 20.2. The molecule has 0 unspecified atom stereocenters. The highest BCUT2D eigenvalue weighted by Gasteiger charge is 2.19. The van der Waals surface area contributed by atoms with Crippen molar-refractivity contribution in [3.05, 3.63) is 82.0 Å². The minimum absolute atomic E-state index is 0.213. The maximum atomic E-state index is 12.7. The van der Waals surface area contributed by atoms with Crippen molar-refractivity contribution in [3.8, 4) is 11.6 Å². The number of nitrogens with one attached hydrogen (secondary N) is 1. The Balaban J connectivity index is 1.49. The highest BCUT2D eigenvalue weighted by molar-refractivity contribution is 8.19. The van der Waals surface area contributed by atoms with Crippen molar-refractivity contribution in [2.75, 3.05) is 16.8 Å². The topological polar surface area (TPSA) is 51.2 Å². The van der Waals surface area contributed by atoms with Crippen molar-refractivity contribution >= 4 is 58.3 Å². The van der Waals surface area contributed by atoms with Crippen LogP contribution in [0, 0.1) is 0 Å². The van der Waals surface area contributed by atoms with Crippen LogP contribution in [0.25, 0.3) is 0 Å². The van der Waals surface area contributed by atoms with Gasteiger partial charge in [-0.3, -0.25) is 4.79 Å². The van der Waals surface area contributed by atoms with E-state index in [1.54, 1.807) is 24.3 Å². The zero-order valence-corrected chi connectivity index (χ0v) is 18.2. The fraction of sp³-hybridized carbons (Fsp3) is 0.143. The van der Waals surface area contributed by atoms with Gasteiger partial charge in [0.1, 0.15) is 5.02 Å². The molecule has 0 saturated carbocycles. The molecule has 1 saturated heterocycles. The number of pyridine rings is 1. The van der Waals surface area contributed by atoms with Crippen LogP contribution in [-0.2, 0) is 0 Å². The molecule has 0 bridgehead atoms. The summed E-state index contributed by atoms with van der Waals surface area (Å²) in [6.07, 6.45) is 1.45. The highest BCUT2D eigenvalue weighted by Crippen LogP contribution is 2.45. The number of anilines is 1. The van der Waals surface area contributed by atoms with Gasteiger partial charge in [0.25, 0.3) is 5.91 Å². The Morgan fingerprint density at radius 2 is 1.79 bits per heavy atom. The smallest absolute Gasteiger partial charge is 0.255 e. The lowest BCUT2D eigenvalue weighted by atomic mass is 10.1. The Bertz CT molecular complexity index is 1030. The molecule has 1 amide bonds. The molecule has 1 aliphatic rings. The van der Waals surface area contributed by atoms with Crippen LogP contribution in [0.1, 0.15) is 20.5 Å². The summed E-state index contributed by atoms with van der Waals surface area (Å²) in [5, 5.41) is 3.60. The molecule has 4 nitrogen and oxygen atoms in total. The largest absolute Gasteiger partial charge is 0.435 e. The number of carbonyl (C=O) groups excluding carboxylic acids is 1. The number of hydrogen-bond donors (Lipinski definition) is 1. The van der Waals surface area contributed by atoms with E-state index in [9.17, 15) is 4.79 Å². The SMILES string of the molecule is O=C(Nc1ccccc1Oc1ncc(Cl)cc1Cl)c1ccc(C2SCCS2)cc1. The van der Waals surface area contributed by atoms with E-state index in [0.29, 0.717) is 26.6 Å². The molecule has 1 aliphatic heterocycles. The number of thioether (sulfide) groups is 2. The van der Waals surface area contributed by atoms with E-state index in [1.165, 1.54) is 23.3 Å². The third kappa shape index (κ3) is 5.01. The Morgan fingerprint density at radius 1 is 1.07 bits per heavy atom. The first-order valence-corrected chi connectivity index (χ1v) is 11.7. The van der Waals surface area contributed by atoms with E-state index in [2.05, 4.69) is 10.3 Å². The first kappa shape index (κ1) is 20.4. The number of nitrogens with zero attached hydrogens (tertiary/aromatic N) is 1. The van der Waals surface area contributed by atoms with Gasteiger partial charge in [0.2, 0.25) is 5.88 Å². The van der Waals surface area contributed by atoms with Crippen LogP contribution in [0.5, 0.6) is 11.6 Å². The van der Waals surface area contributed by atoms with Crippen molar-refractivity contribution in [2.24, 2.45) is 0 Å². The highest BCUT2D eigenvalue weighted by atomic mass is 35.5. The van der Waals surface area contributed by atoms with Crippen LogP contribution in [0.3, 0.4) is 0 Å². The molecule has 8 heteroatoms. The van der Waals surface area contributed by atoms with Crippen LogP contribution in [0.4, 0.5) is 5.69 Å². The molecule has 2 heterocycles. The first-order chi connectivity index (χ1) is 14.1. The van der Waals surface area contributed by atoms with E-state index in [4.69, 9.17) is 27.9 Å². The fourth-order valence-electron chi connectivity index (χ4n) is 2.78. The molecular formula is C21H16Cl2N2O2S2. The number of rotatable bonds is 5. The quantitative estimate of drug-likeness (QED) is 0.446. The first-order valence-electron chi connectivity index (χ1n) is 8.82. The molecule has 0 atom stereocenters. The molecule has 0 spiro atoms. The predicted octanol–water partition coefficient (Wildman–Crippen LogP) is 6.91. The van der Waals surface area contributed by atoms with E-state index in [0.717, 1.165) is 0 Å². The summed E-state index contributed by atoms with van der Waals surface area (Å²) in [6, 6.07) is 16.4. The lowest BCUT2D eigenvalue weighted by molar-refractivity contribution is 0.102. The van der Waals surface area contributed by atoms with E-state index < -0.39 is 0 Å². The molecule has 0 aliphatic carbocycles. The van der Waals surface area contributed by atoms with Gasteiger partial charge in [-0.1, -0.05) is 47.5 Å². The van der Waals surface area contributed by atoms with Gasteiger partial charge in [-0.15, -0.1) is 23.5 Å². The molecule has 0 radical (unpaired) electrons. The summed E-state index contributed by atoms with van der Waals surface area (Å²) in [6.45, 7) is 0. The van der Waals surface area contributed by atoms with Crippen molar-refractivity contribution in [1.29, 1.82) is 0 Å². The molecule has 1 N–H and O–H groups in total. The molecule has 2 aromatic carbocycles. The maximum absolute atomic E-state index is 12.7. The minimum atomic E-state index is -0.213. The zero-order valence-electron chi connectivity index (χ0n) is 15.1. The molecule has 1 aromatic heterocycles. The standard InChI is InChI=1S/C21H16Cl2N2O2S2/c22-15-11-16(23)20(24-12-15)27-18-4-2-1-3-17(18)25-19(26)13-5-7-14(8-6-13)21-28-9-10-29-21/h1-8,11-12,21H,9-10H2,(H,25,26). The second-order valence-corrected chi connectivity index (χ2v) is 9.76. The summed E-state index contributed by atoms with van der Waals surface area (Å²) >= 11 is 15.9. The van der Waals surface area contributed by atoms with Crippen LogP contribution >= 0.6 is 46.7 Å². The minimum Gasteiger partial charge on any atom is -0.435 e. The molecule has 3 aromatic rings. The van der Waals surface area contributed by atoms with Crippen molar-refractivity contribution in [3.63, 3.8) is 0 Å². The summed E-state index contributed by atoms with van der Waals surface area (Å²) < 4.78 is 6.25. The van der Waals surface area contributed by atoms with Gasteiger partial charge in [0.05, 0.1) is 15.3 Å². The number of hydrogen-bond acceptors (Lipinski definition) is 5. The van der Waals surface area contributed by atoms with E-state index in [-0.39, 0.29) is 16.8 Å². The molecular weight excluding hydrogens is 447 g/mol. The number of ether oxygens (including phenoxy) is 1. The van der Waals surface area contributed by atoms with Crippen molar-refractivity contribution in [1.82, 2.24) is 4.98 Å². The Kier molecular flexibility index (Phi) is 6.55. The fourth-order valence-corrected chi connectivity index (χ4v) is 6.06. The van der Waals surface area contributed by atoms with E-state index in [1.807, 2.05) is 53.9 Å². The summed E-state index contributed by atoms with van der Waals surface area (Å²) in [7, 11) is 0. The third-order valence-corrected chi connectivity index (χ3v) is 7.76. The number of halogens is 2. The lowest BCUT2D eigenvalue weighted by Gasteiger charge is -2.13. The van der Waals surface area contributed by atoms with Crippen molar-refractivity contribution < 1.29 is 9.53 Å². The maximum Gasteiger partial charge on any atom is 0.255 e. The number of amides is 1. The number of carbonyl (C=O) groups is 1. The number of para-hydroxylation sites is 2. The summed E-state index contributed by atoms with van der Waals surface area (Å²) in [5.41, 5.74) is 2.34. The normalized spacial score (nSPS) is 14.0. The number of benzene rings is 2. The average molecular weight is 463 g/mol. The summed E-state index contributed by atoms with van der Waals surface area (Å²) in [5.74, 6) is 2.78. The van der Waals surface area contributed by atoms with Crippen LogP contribution < -0.4 is 10.1 Å². The van der Waals surface area contributed by atoms with Crippen LogP contribution in [0.2, 0.25) is 10.0 Å². The average Bonchev–Trinajstić information content (AvgIpc) is 3.26. The molecule has 29 heavy (non-hydrogen) atoms. The van der Waals surface area contributed by atoms with Gasteiger partial charge in [0, 0.05) is 23.3 Å². The van der Waals surface area contributed by atoms with Crippen LogP contribution in [0.15, 0.2) is 60.8 Å². The molecule has 148 valence electrons. The third-order valence-electron chi connectivity index (χ3n) is 4.18. The predicted molar refractivity (Wildman–Crippen MR) is 123 cm³/mol. The lowest BCUT2D eigenvalue weighted by Crippen LogP contribution is -2.12. The van der Waals surface area contributed by atoms with Gasteiger partial charge in [-0.2, -0.15) is 0 Å². The van der Waals surface area contributed by atoms with Gasteiger partial charge >= 0.3 is 0 Å². The Morgan fingerprint density at radius 3 is 2.52 bits per heavy atom.